The van der Waals surface area contributed by atoms with Crippen molar-refractivity contribution >= 4 is 16.7 Å². The third kappa shape index (κ3) is 3.01. The highest BCUT2D eigenvalue weighted by Crippen LogP contribution is 2.21. The minimum atomic E-state index is -0.241. The number of hydrogen-bond acceptors (Lipinski definition) is 2. The highest BCUT2D eigenvalue weighted by molar-refractivity contribution is 5.85. The normalized spacial score (nSPS) is 12.8. The molecule has 102 valence electrons. The van der Waals surface area contributed by atoms with Crippen LogP contribution in [-0.4, -0.2) is 23.9 Å². The van der Waals surface area contributed by atoms with Crippen LogP contribution in [-0.2, 0) is 11.2 Å². The van der Waals surface area contributed by atoms with Crippen LogP contribution in [0.5, 0.6) is 0 Å². The molecule has 1 heterocycles. The highest BCUT2D eigenvalue weighted by Gasteiger charge is 2.15. The Morgan fingerprint density at radius 1 is 1.47 bits per heavy atom. The summed E-state index contributed by atoms with van der Waals surface area (Å²) in [5, 5.41) is 4.08. The van der Waals surface area contributed by atoms with E-state index in [1.807, 2.05) is 20.2 Å². The predicted octanol–water partition coefficient (Wildman–Crippen LogP) is 2.81. The Kier molecular flexibility index (Phi) is 4.32. The summed E-state index contributed by atoms with van der Waals surface area (Å²) in [4.78, 5) is 14.8. The molecular formula is C15H19FN2O. The number of carbonyl (C=O) groups excluding carboxylic acids is 1. The fourth-order valence-corrected chi connectivity index (χ4v) is 2.38. The zero-order valence-corrected chi connectivity index (χ0v) is 11.3. The van der Waals surface area contributed by atoms with Gasteiger partial charge in [0.2, 0.25) is 0 Å². The molecule has 2 aromatic rings. The molecule has 0 fully saturated rings. The first kappa shape index (κ1) is 13.7. The van der Waals surface area contributed by atoms with E-state index in [-0.39, 0.29) is 17.6 Å². The number of aromatic nitrogens is 1. The number of benzene rings is 1. The number of aromatic amines is 1. The van der Waals surface area contributed by atoms with Crippen LogP contribution in [0.25, 0.3) is 10.9 Å². The number of halogens is 1. The Morgan fingerprint density at radius 3 is 2.95 bits per heavy atom. The van der Waals surface area contributed by atoms with Crippen molar-refractivity contribution in [3.8, 4) is 0 Å². The topological polar surface area (TPSA) is 44.9 Å². The van der Waals surface area contributed by atoms with Gasteiger partial charge in [0.05, 0.1) is 6.04 Å². The molecule has 0 amide bonds. The number of rotatable bonds is 6. The van der Waals surface area contributed by atoms with Crippen LogP contribution in [0.4, 0.5) is 4.39 Å². The van der Waals surface area contributed by atoms with Crippen molar-refractivity contribution in [2.45, 2.75) is 32.2 Å². The van der Waals surface area contributed by atoms with Crippen molar-refractivity contribution in [2.75, 3.05) is 7.05 Å². The quantitative estimate of drug-likeness (QED) is 0.840. The van der Waals surface area contributed by atoms with Gasteiger partial charge in [-0.05, 0) is 43.7 Å². The average molecular weight is 262 g/mol. The van der Waals surface area contributed by atoms with Gasteiger partial charge in [0.1, 0.15) is 11.6 Å². The molecule has 0 saturated carbocycles. The van der Waals surface area contributed by atoms with Gasteiger partial charge >= 0.3 is 0 Å². The molecule has 2 N–H and O–H groups in total. The Balaban J connectivity index is 2.11. The van der Waals surface area contributed by atoms with E-state index >= 15 is 0 Å². The van der Waals surface area contributed by atoms with Gasteiger partial charge in [-0.3, -0.25) is 4.79 Å². The molecule has 1 aromatic heterocycles. The van der Waals surface area contributed by atoms with E-state index in [1.165, 1.54) is 12.1 Å². The molecule has 2 rings (SSSR count). The monoisotopic (exact) mass is 262 g/mol. The Morgan fingerprint density at radius 2 is 2.26 bits per heavy atom. The molecule has 1 aromatic carbocycles. The molecule has 1 unspecified atom stereocenters. The fraction of sp³-hybridized carbons (Fsp3) is 0.400. The molecule has 3 nitrogen and oxygen atoms in total. The zero-order chi connectivity index (χ0) is 13.8. The summed E-state index contributed by atoms with van der Waals surface area (Å²) in [5.74, 6) is -0.0106. The van der Waals surface area contributed by atoms with Crippen molar-refractivity contribution in [2.24, 2.45) is 0 Å². The molecular weight excluding hydrogens is 243 g/mol. The fourth-order valence-electron chi connectivity index (χ4n) is 2.38. The summed E-state index contributed by atoms with van der Waals surface area (Å²) in [6.07, 6.45) is 3.99. The van der Waals surface area contributed by atoms with E-state index in [4.69, 9.17) is 0 Å². The standard InChI is InChI=1S/C15H19FN2O/c1-3-15(19)13(17-2)7-4-10-9-18-14-8-11(16)5-6-12(10)14/h5-6,8-9,13,17-18H,3-4,7H2,1-2H3. The number of hydrogen-bond donors (Lipinski definition) is 2. The molecule has 4 heteroatoms. The second-order valence-corrected chi connectivity index (χ2v) is 4.70. The second-order valence-electron chi connectivity index (χ2n) is 4.70. The smallest absolute Gasteiger partial charge is 0.149 e. The lowest BCUT2D eigenvalue weighted by molar-refractivity contribution is -0.120. The van der Waals surface area contributed by atoms with Crippen LogP contribution in [0.2, 0.25) is 0 Å². The highest BCUT2D eigenvalue weighted by atomic mass is 19.1. The van der Waals surface area contributed by atoms with Crippen LogP contribution in [0.3, 0.4) is 0 Å². The third-order valence-electron chi connectivity index (χ3n) is 3.52. The van der Waals surface area contributed by atoms with Crippen molar-refractivity contribution in [1.82, 2.24) is 10.3 Å². The molecule has 0 bridgehead atoms. The largest absolute Gasteiger partial charge is 0.361 e. The zero-order valence-electron chi connectivity index (χ0n) is 11.3. The van der Waals surface area contributed by atoms with E-state index in [0.29, 0.717) is 6.42 Å². The first-order chi connectivity index (χ1) is 9.15. The predicted molar refractivity (Wildman–Crippen MR) is 74.7 cm³/mol. The Labute approximate surface area is 112 Å². The van der Waals surface area contributed by atoms with Gasteiger partial charge < -0.3 is 10.3 Å². The van der Waals surface area contributed by atoms with Gasteiger partial charge in [-0.2, -0.15) is 0 Å². The summed E-state index contributed by atoms with van der Waals surface area (Å²) in [5.41, 5.74) is 1.93. The first-order valence-corrected chi connectivity index (χ1v) is 6.61. The number of ketones is 1. The van der Waals surface area contributed by atoms with E-state index in [2.05, 4.69) is 10.3 Å². The van der Waals surface area contributed by atoms with Crippen molar-refractivity contribution in [3.05, 3.63) is 35.8 Å². The van der Waals surface area contributed by atoms with Gasteiger partial charge in [-0.1, -0.05) is 6.92 Å². The van der Waals surface area contributed by atoms with Gasteiger partial charge in [0, 0.05) is 23.5 Å². The molecule has 0 aliphatic carbocycles. The molecule has 0 spiro atoms. The van der Waals surface area contributed by atoms with Gasteiger partial charge in [-0.15, -0.1) is 0 Å². The summed E-state index contributed by atoms with van der Waals surface area (Å²) >= 11 is 0. The molecule has 0 aliphatic heterocycles. The maximum absolute atomic E-state index is 13.1. The van der Waals surface area contributed by atoms with Crippen molar-refractivity contribution in [3.63, 3.8) is 0 Å². The first-order valence-electron chi connectivity index (χ1n) is 6.61. The van der Waals surface area contributed by atoms with Gasteiger partial charge in [0.25, 0.3) is 0 Å². The van der Waals surface area contributed by atoms with E-state index in [9.17, 15) is 9.18 Å². The number of H-pyrrole nitrogens is 1. The van der Waals surface area contributed by atoms with Crippen LogP contribution < -0.4 is 5.32 Å². The number of fused-ring (bicyclic) bond motifs is 1. The molecule has 19 heavy (non-hydrogen) atoms. The third-order valence-corrected chi connectivity index (χ3v) is 3.52. The maximum Gasteiger partial charge on any atom is 0.149 e. The second kappa shape index (κ2) is 5.97. The number of aryl methyl sites for hydroxylation is 1. The minimum absolute atomic E-state index is 0.101. The van der Waals surface area contributed by atoms with Crippen LogP contribution in [0.1, 0.15) is 25.3 Å². The number of Topliss-reactive ketones (excluding diaryl/α,β-unsaturated/α-hetero) is 1. The Bertz CT molecular complexity index is 577. The van der Waals surface area contributed by atoms with Crippen molar-refractivity contribution < 1.29 is 9.18 Å². The lowest BCUT2D eigenvalue weighted by Gasteiger charge is -2.13. The molecule has 0 aliphatic rings. The van der Waals surface area contributed by atoms with E-state index < -0.39 is 0 Å². The van der Waals surface area contributed by atoms with Crippen LogP contribution >= 0.6 is 0 Å². The number of likely N-dealkylation sites (N-methyl/N-ethyl adjacent to an activating group) is 1. The van der Waals surface area contributed by atoms with Gasteiger partial charge in [0.15, 0.2) is 0 Å². The summed E-state index contributed by atoms with van der Waals surface area (Å²) < 4.78 is 13.1. The number of nitrogens with one attached hydrogen (secondary N) is 2. The lowest BCUT2D eigenvalue weighted by Crippen LogP contribution is -2.33. The summed E-state index contributed by atoms with van der Waals surface area (Å²) in [7, 11) is 1.81. The summed E-state index contributed by atoms with van der Waals surface area (Å²) in [6, 6.07) is 4.64. The molecule has 0 radical (unpaired) electrons. The van der Waals surface area contributed by atoms with E-state index in [0.717, 1.165) is 29.3 Å². The SMILES string of the molecule is CCC(=O)C(CCc1c[nH]c2cc(F)ccc12)NC. The number of carbonyl (C=O) groups is 1. The summed E-state index contributed by atoms with van der Waals surface area (Å²) in [6.45, 7) is 1.88. The maximum atomic E-state index is 13.1. The van der Waals surface area contributed by atoms with E-state index in [1.54, 1.807) is 6.07 Å². The van der Waals surface area contributed by atoms with Crippen molar-refractivity contribution in [1.29, 1.82) is 0 Å². The van der Waals surface area contributed by atoms with Crippen LogP contribution in [0.15, 0.2) is 24.4 Å². The minimum Gasteiger partial charge on any atom is -0.361 e. The average Bonchev–Trinajstić information content (AvgIpc) is 2.81. The Hall–Kier alpha value is -1.68. The molecule has 0 saturated heterocycles. The van der Waals surface area contributed by atoms with Crippen LogP contribution in [0, 0.1) is 5.82 Å². The molecule has 1 atom stereocenters. The van der Waals surface area contributed by atoms with Gasteiger partial charge in [-0.25, -0.2) is 4.39 Å². The lowest BCUT2D eigenvalue weighted by atomic mass is 10.0.